The normalized spacial score (nSPS) is 19.1. The van der Waals surface area contributed by atoms with Gasteiger partial charge in [-0.1, -0.05) is 12.2 Å². The second-order valence-electron chi connectivity index (χ2n) is 6.65. The summed E-state index contributed by atoms with van der Waals surface area (Å²) in [6, 6.07) is 6.51. The maximum Gasteiger partial charge on any atom is 0.207 e. The Bertz CT molecular complexity index is 863. The van der Waals surface area contributed by atoms with E-state index >= 15 is 0 Å². The first kappa shape index (κ1) is 15.8. The van der Waals surface area contributed by atoms with Crippen LogP contribution in [0.5, 0.6) is 5.75 Å². The molecule has 0 saturated carbocycles. The van der Waals surface area contributed by atoms with E-state index < -0.39 is 0 Å². The van der Waals surface area contributed by atoms with E-state index in [0.29, 0.717) is 0 Å². The van der Waals surface area contributed by atoms with Crippen LogP contribution in [0.4, 0.5) is 0 Å². The molecule has 2 heterocycles. The molecule has 25 heavy (non-hydrogen) atoms. The standard InChI is InChI=1S/C20H23N3O2/c1-25-16-5-7-20-18(10-16)17-9-15(22-13-24)4-6-19(17)23(20)12-14-3-2-8-21-11-14/h2-3,5,7,10-11,13,15,21H,4,6,8-9,12H2,1H3,(H,22,24). The van der Waals surface area contributed by atoms with Crippen molar-refractivity contribution < 1.29 is 9.53 Å². The van der Waals surface area contributed by atoms with Gasteiger partial charge < -0.3 is 19.9 Å². The molecule has 5 nitrogen and oxygen atoms in total. The molecule has 1 aliphatic carbocycles. The van der Waals surface area contributed by atoms with Crippen molar-refractivity contribution >= 4 is 17.3 Å². The molecule has 1 unspecified atom stereocenters. The topological polar surface area (TPSA) is 55.3 Å². The van der Waals surface area contributed by atoms with Gasteiger partial charge in [-0.3, -0.25) is 4.79 Å². The number of hydrogen-bond acceptors (Lipinski definition) is 3. The molecule has 0 radical (unpaired) electrons. The van der Waals surface area contributed by atoms with E-state index in [9.17, 15) is 4.79 Å². The molecular formula is C20H23N3O2. The lowest BCUT2D eigenvalue weighted by Gasteiger charge is -2.24. The molecule has 1 aliphatic heterocycles. The van der Waals surface area contributed by atoms with Crippen LogP contribution in [-0.2, 0) is 24.2 Å². The minimum atomic E-state index is 0.214. The summed E-state index contributed by atoms with van der Waals surface area (Å²) in [7, 11) is 1.70. The summed E-state index contributed by atoms with van der Waals surface area (Å²) in [5.41, 5.74) is 5.23. The molecule has 0 bridgehead atoms. The maximum absolute atomic E-state index is 10.9. The third-order valence-corrected chi connectivity index (χ3v) is 5.17. The van der Waals surface area contributed by atoms with Gasteiger partial charge in [0.1, 0.15) is 5.75 Å². The van der Waals surface area contributed by atoms with E-state index in [-0.39, 0.29) is 6.04 Å². The summed E-state index contributed by atoms with van der Waals surface area (Å²) in [4.78, 5) is 10.9. The second-order valence-corrected chi connectivity index (χ2v) is 6.65. The van der Waals surface area contributed by atoms with Crippen molar-refractivity contribution in [2.45, 2.75) is 31.8 Å². The van der Waals surface area contributed by atoms with Gasteiger partial charge in [0.2, 0.25) is 6.41 Å². The van der Waals surface area contributed by atoms with Crippen LogP contribution in [0.15, 0.2) is 42.1 Å². The largest absolute Gasteiger partial charge is 0.497 e. The number of nitrogens with one attached hydrogen (secondary N) is 2. The van der Waals surface area contributed by atoms with Crippen LogP contribution in [0.3, 0.4) is 0 Å². The Balaban J connectivity index is 1.80. The van der Waals surface area contributed by atoms with Crippen LogP contribution in [0.1, 0.15) is 17.7 Å². The number of hydrogen-bond donors (Lipinski definition) is 2. The van der Waals surface area contributed by atoms with Crippen molar-refractivity contribution in [3.63, 3.8) is 0 Å². The van der Waals surface area contributed by atoms with Gasteiger partial charge in [-0.2, -0.15) is 0 Å². The molecule has 0 fully saturated rings. The Kier molecular flexibility index (Phi) is 4.22. The van der Waals surface area contributed by atoms with Gasteiger partial charge in [-0.05, 0) is 48.6 Å². The Morgan fingerprint density at radius 3 is 3.12 bits per heavy atom. The van der Waals surface area contributed by atoms with Crippen LogP contribution in [0.25, 0.3) is 10.9 Å². The van der Waals surface area contributed by atoms with E-state index in [0.717, 1.165) is 44.5 Å². The molecule has 2 aliphatic rings. The van der Waals surface area contributed by atoms with Crippen LogP contribution in [0, 0.1) is 0 Å². The summed E-state index contributed by atoms with van der Waals surface area (Å²) in [5, 5.41) is 7.48. The van der Waals surface area contributed by atoms with Crippen molar-refractivity contribution in [2.75, 3.05) is 13.7 Å². The van der Waals surface area contributed by atoms with Gasteiger partial charge in [-0.25, -0.2) is 0 Å². The molecule has 0 saturated heterocycles. The van der Waals surface area contributed by atoms with Gasteiger partial charge in [0.25, 0.3) is 0 Å². The van der Waals surface area contributed by atoms with E-state index in [1.807, 2.05) is 6.07 Å². The van der Waals surface area contributed by atoms with Crippen LogP contribution < -0.4 is 15.4 Å². The van der Waals surface area contributed by atoms with Gasteiger partial charge in [0.05, 0.1) is 7.11 Å². The number of carbonyl (C=O) groups excluding carboxylic acids is 1. The van der Waals surface area contributed by atoms with E-state index in [1.54, 1.807) is 7.11 Å². The summed E-state index contributed by atoms with van der Waals surface area (Å²) in [6.07, 6.45) is 10.1. The average Bonchev–Trinajstić information content (AvgIpc) is 2.95. The van der Waals surface area contributed by atoms with Crippen molar-refractivity contribution in [1.82, 2.24) is 15.2 Å². The summed E-state index contributed by atoms with van der Waals surface area (Å²) >= 11 is 0. The Morgan fingerprint density at radius 1 is 1.44 bits per heavy atom. The number of fused-ring (bicyclic) bond motifs is 3. The number of benzene rings is 1. The zero-order valence-corrected chi connectivity index (χ0v) is 14.4. The first-order chi connectivity index (χ1) is 12.3. The number of carbonyl (C=O) groups is 1. The average molecular weight is 337 g/mol. The van der Waals surface area contributed by atoms with Crippen LogP contribution >= 0.6 is 0 Å². The number of dihydropyridines is 1. The molecule has 4 rings (SSSR count). The number of aromatic nitrogens is 1. The molecule has 0 spiro atoms. The molecule has 1 amide bonds. The summed E-state index contributed by atoms with van der Waals surface area (Å²) in [5.74, 6) is 0.872. The van der Waals surface area contributed by atoms with Gasteiger partial charge >= 0.3 is 0 Å². The van der Waals surface area contributed by atoms with Crippen LogP contribution in [0.2, 0.25) is 0 Å². The second kappa shape index (κ2) is 6.67. The fourth-order valence-corrected chi connectivity index (χ4v) is 3.97. The number of allylic oxidation sites excluding steroid dienone is 2. The monoisotopic (exact) mass is 337 g/mol. The molecule has 130 valence electrons. The first-order valence-corrected chi connectivity index (χ1v) is 8.77. The summed E-state index contributed by atoms with van der Waals surface area (Å²) < 4.78 is 7.85. The molecule has 1 aromatic carbocycles. The van der Waals surface area contributed by atoms with Crippen LogP contribution in [-0.4, -0.2) is 30.7 Å². The predicted molar refractivity (Wildman–Crippen MR) is 98.7 cm³/mol. The lowest BCUT2D eigenvalue weighted by Crippen LogP contribution is -2.33. The van der Waals surface area contributed by atoms with E-state index in [2.05, 4.69) is 45.7 Å². The number of amides is 1. The van der Waals surface area contributed by atoms with Crippen molar-refractivity contribution in [1.29, 1.82) is 0 Å². The lowest BCUT2D eigenvalue weighted by molar-refractivity contribution is -0.110. The summed E-state index contributed by atoms with van der Waals surface area (Å²) in [6.45, 7) is 1.75. The quantitative estimate of drug-likeness (QED) is 0.823. The highest BCUT2D eigenvalue weighted by molar-refractivity contribution is 5.87. The fraction of sp³-hybridized carbons (Fsp3) is 0.350. The molecule has 1 aromatic heterocycles. The fourth-order valence-electron chi connectivity index (χ4n) is 3.97. The lowest BCUT2D eigenvalue weighted by atomic mass is 9.91. The Morgan fingerprint density at radius 2 is 2.36 bits per heavy atom. The minimum Gasteiger partial charge on any atom is -0.497 e. The van der Waals surface area contributed by atoms with Crippen molar-refractivity contribution in [3.8, 4) is 5.75 Å². The number of rotatable bonds is 5. The number of methoxy groups -OCH3 is 1. The third-order valence-electron chi connectivity index (χ3n) is 5.17. The molecule has 2 N–H and O–H groups in total. The molecule has 1 atom stereocenters. The molecular weight excluding hydrogens is 314 g/mol. The zero-order valence-electron chi connectivity index (χ0n) is 14.4. The predicted octanol–water partition coefficient (Wildman–Crippen LogP) is 2.30. The van der Waals surface area contributed by atoms with Gasteiger partial charge in [-0.15, -0.1) is 0 Å². The molecule has 5 heteroatoms. The van der Waals surface area contributed by atoms with Crippen molar-refractivity contribution in [2.24, 2.45) is 0 Å². The first-order valence-electron chi connectivity index (χ1n) is 8.77. The zero-order chi connectivity index (χ0) is 17.2. The van der Waals surface area contributed by atoms with Crippen molar-refractivity contribution in [3.05, 3.63) is 53.4 Å². The molecule has 2 aromatic rings. The Hall–Kier alpha value is -2.69. The number of nitrogens with zero attached hydrogens (tertiary/aromatic N) is 1. The minimum absolute atomic E-state index is 0.214. The smallest absolute Gasteiger partial charge is 0.207 e. The van der Waals surface area contributed by atoms with E-state index in [1.165, 1.54) is 27.7 Å². The highest BCUT2D eigenvalue weighted by Gasteiger charge is 2.25. The SMILES string of the molecule is COc1ccc2c(c1)c1c(n2CC2=CNCC=C2)CCC(NC=O)C1. The highest BCUT2D eigenvalue weighted by Crippen LogP contribution is 2.35. The Labute approximate surface area is 147 Å². The maximum atomic E-state index is 10.9. The van der Waals surface area contributed by atoms with Gasteiger partial charge in [0, 0.05) is 41.9 Å². The highest BCUT2D eigenvalue weighted by atomic mass is 16.5. The van der Waals surface area contributed by atoms with E-state index in [4.69, 9.17) is 4.74 Å². The third kappa shape index (κ3) is 2.90. The van der Waals surface area contributed by atoms with Gasteiger partial charge in [0.15, 0.2) is 0 Å². The number of ether oxygens (including phenoxy) is 1.